The van der Waals surface area contributed by atoms with E-state index in [1.165, 1.54) is 44.9 Å². The molecule has 0 saturated heterocycles. The van der Waals surface area contributed by atoms with Crippen molar-refractivity contribution >= 4 is 0 Å². The molecule has 0 aromatic carbocycles. The Bertz CT molecular complexity index is 530. The third-order valence-corrected chi connectivity index (χ3v) is 8.29. The van der Waals surface area contributed by atoms with Crippen LogP contribution in [-0.2, 0) is 0 Å². The van der Waals surface area contributed by atoms with Gasteiger partial charge in [-0.2, -0.15) is 0 Å². The molecule has 6 atom stereocenters. The molecule has 1 N–H and O–H groups in total. The van der Waals surface area contributed by atoms with Crippen molar-refractivity contribution in [3.8, 4) is 0 Å². The van der Waals surface area contributed by atoms with Crippen LogP contribution in [0.3, 0.4) is 0 Å². The van der Waals surface area contributed by atoms with Crippen molar-refractivity contribution in [2.75, 3.05) is 0 Å². The maximum absolute atomic E-state index is 10.0. The minimum atomic E-state index is -0.172. The number of fused-ring (bicyclic) bond motifs is 5. The van der Waals surface area contributed by atoms with E-state index in [2.05, 4.69) is 32.9 Å². The van der Waals surface area contributed by atoms with Gasteiger partial charge in [-0.3, -0.25) is 0 Å². The Morgan fingerprint density at radius 3 is 2.50 bits per heavy atom. The molecule has 0 radical (unpaired) electrons. The maximum Gasteiger partial charge on any atom is 0.0724 e. The molecule has 0 bridgehead atoms. The summed E-state index contributed by atoms with van der Waals surface area (Å²) in [6, 6.07) is 0. The predicted octanol–water partition coefficient (Wildman–Crippen LogP) is 5.26. The molecule has 0 aliphatic heterocycles. The molecule has 1 heteroatoms. The Balaban J connectivity index is 1.68. The minimum Gasteiger partial charge on any atom is -0.389 e. The largest absolute Gasteiger partial charge is 0.389 e. The SMILES string of the molecule is CC=C1CCC2C3CCC4=C[C@@H](O)CC[C@]4(C)C3CC[C@]12C. The van der Waals surface area contributed by atoms with Crippen molar-refractivity contribution in [1.82, 2.24) is 0 Å². The Hall–Kier alpha value is -0.560. The third kappa shape index (κ3) is 1.87. The first-order valence-corrected chi connectivity index (χ1v) is 9.54. The van der Waals surface area contributed by atoms with Gasteiger partial charge in [0.05, 0.1) is 6.10 Å². The van der Waals surface area contributed by atoms with Gasteiger partial charge in [0, 0.05) is 0 Å². The van der Waals surface area contributed by atoms with E-state index < -0.39 is 0 Å². The van der Waals surface area contributed by atoms with Crippen LogP contribution < -0.4 is 0 Å². The predicted molar refractivity (Wildman–Crippen MR) is 91.5 cm³/mol. The Labute approximate surface area is 135 Å². The van der Waals surface area contributed by atoms with Gasteiger partial charge in [-0.05, 0) is 86.9 Å². The second-order valence-electron chi connectivity index (χ2n) is 8.94. The van der Waals surface area contributed by atoms with Gasteiger partial charge >= 0.3 is 0 Å². The molecule has 0 spiro atoms. The molecule has 0 aromatic heterocycles. The summed E-state index contributed by atoms with van der Waals surface area (Å²) in [6.45, 7) is 7.34. The van der Waals surface area contributed by atoms with Crippen LogP contribution in [-0.4, -0.2) is 11.2 Å². The summed E-state index contributed by atoms with van der Waals surface area (Å²) in [5.74, 6) is 2.71. The molecule has 122 valence electrons. The van der Waals surface area contributed by atoms with Crippen LogP contribution in [0, 0.1) is 28.6 Å². The van der Waals surface area contributed by atoms with E-state index >= 15 is 0 Å². The minimum absolute atomic E-state index is 0.172. The molecule has 0 amide bonds. The van der Waals surface area contributed by atoms with E-state index in [0.29, 0.717) is 10.8 Å². The highest BCUT2D eigenvalue weighted by atomic mass is 16.3. The summed E-state index contributed by atoms with van der Waals surface area (Å²) in [5, 5.41) is 10.0. The van der Waals surface area contributed by atoms with E-state index in [1.807, 2.05) is 0 Å². The fourth-order valence-corrected chi connectivity index (χ4v) is 7.03. The first kappa shape index (κ1) is 15.0. The molecule has 3 fully saturated rings. The van der Waals surface area contributed by atoms with E-state index in [1.54, 1.807) is 11.1 Å². The molecule has 3 saturated carbocycles. The van der Waals surface area contributed by atoms with Crippen LogP contribution in [0.1, 0.15) is 72.1 Å². The standard InChI is InChI=1S/C21H32O/c1-4-14-6-8-18-17-7-5-15-13-16(22)9-11-21(15,3)19(17)10-12-20(14,18)2/h4,13,16-19,22H,5-12H2,1-3H3/t16-,17?,18?,19?,20+,21-/m0/s1. The molecular formula is C21H32O. The average Bonchev–Trinajstić information content (AvgIpc) is 2.84. The molecule has 1 nitrogen and oxygen atoms in total. The molecule has 4 aliphatic rings. The Kier molecular flexibility index (Phi) is 3.39. The van der Waals surface area contributed by atoms with E-state index in [-0.39, 0.29) is 6.10 Å². The zero-order valence-electron chi connectivity index (χ0n) is 14.6. The smallest absolute Gasteiger partial charge is 0.0724 e. The van der Waals surface area contributed by atoms with Crippen LogP contribution >= 0.6 is 0 Å². The lowest BCUT2D eigenvalue weighted by Gasteiger charge is -2.58. The lowest BCUT2D eigenvalue weighted by Crippen LogP contribution is -2.49. The number of allylic oxidation sites excluding steroid dienone is 3. The lowest BCUT2D eigenvalue weighted by molar-refractivity contribution is -0.0314. The van der Waals surface area contributed by atoms with Crippen molar-refractivity contribution in [3.05, 3.63) is 23.3 Å². The first-order chi connectivity index (χ1) is 10.5. The van der Waals surface area contributed by atoms with Crippen molar-refractivity contribution in [2.45, 2.75) is 78.2 Å². The van der Waals surface area contributed by atoms with E-state index in [9.17, 15) is 5.11 Å². The van der Waals surface area contributed by atoms with Gasteiger partial charge in [0.2, 0.25) is 0 Å². The van der Waals surface area contributed by atoms with E-state index in [0.717, 1.165) is 24.2 Å². The Morgan fingerprint density at radius 1 is 1.00 bits per heavy atom. The van der Waals surface area contributed by atoms with Crippen LogP contribution in [0.4, 0.5) is 0 Å². The van der Waals surface area contributed by atoms with Crippen LogP contribution in [0.5, 0.6) is 0 Å². The summed E-state index contributed by atoms with van der Waals surface area (Å²) < 4.78 is 0. The average molecular weight is 300 g/mol. The second kappa shape index (κ2) is 4.97. The first-order valence-electron chi connectivity index (χ1n) is 9.54. The quantitative estimate of drug-likeness (QED) is 0.605. The van der Waals surface area contributed by atoms with Gasteiger partial charge in [-0.15, -0.1) is 0 Å². The van der Waals surface area contributed by atoms with Crippen molar-refractivity contribution < 1.29 is 5.11 Å². The van der Waals surface area contributed by atoms with Crippen molar-refractivity contribution in [1.29, 1.82) is 0 Å². The van der Waals surface area contributed by atoms with Gasteiger partial charge in [-0.1, -0.05) is 37.1 Å². The summed E-state index contributed by atoms with van der Waals surface area (Å²) >= 11 is 0. The normalized spacial score (nSPS) is 52.7. The van der Waals surface area contributed by atoms with Gasteiger partial charge < -0.3 is 5.11 Å². The van der Waals surface area contributed by atoms with Crippen LogP contribution in [0.2, 0.25) is 0 Å². The third-order valence-electron chi connectivity index (χ3n) is 8.29. The zero-order chi connectivity index (χ0) is 15.5. The maximum atomic E-state index is 10.0. The van der Waals surface area contributed by atoms with Gasteiger partial charge in [0.25, 0.3) is 0 Å². The molecule has 0 aromatic rings. The topological polar surface area (TPSA) is 20.2 Å². The number of aliphatic hydroxyl groups is 1. The number of aliphatic hydroxyl groups excluding tert-OH is 1. The second-order valence-corrected chi connectivity index (χ2v) is 8.94. The fraction of sp³-hybridized carbons (Fsp3) is 0.810. The monoisotopic (exact) mass is 300 g/mol. The van der Waals surface area contributed by atoms with Crippen molar-refractivity contribution in [3.63, 3.8) is 0 Å². The highest BCUT2D eigenvalue weighted by Crippen LogP contribution is 2.66. The lowest BCUT2D eigenvalue weighted by atomic mass is 9.47. The van der Waals surface area contributed by atoms with Gasteiger partial charge in [-0.25, -0.2) is 0 Å². The van der Waals surface area contributed by atoms with Crippen molar-refractivity contribution in [2.24, 2.45) is 28.6 Å². The highest BCUT2D eigenvalue weighted by Gasteiger charge is 2.57. The fourth-order valence-electron chi connectivity index (χ4n) is 7.03. The highest BCUT2D eigenvalue weighted by molar-refractivity contribution is 5.28. The molecule has 22 heavy (non-hydrogen) atoms. The summed E-state index contributed by atoms with van der Waals surface area (Å²) in [6.07, 6.45) is 14.8. The summed E-state index contributed by atoms with van der Waals surface area (Å²) in [5.41, 5.74) is 4.24. The molecule has 3 unspecified atom stereocenters. The summed E-state index contributed by atoms with van der Waals surface area (Å²) in [4.78, 5) is 0. The van der Waals surface area contributed by atoms with E-state index in [4.69, 9.17) is 0 Å². The Morgan fingerprint density at radius 2 is 1.73 bits per heavy atom. The van der Waals surface area contributed by atoms with Gasteiger partial charge in [0.1, 0.15) is 0 Å². The number of hydrogen-bond donors (Lipinski definition) is 1. The number of rotatable bonds is 0. The molecular weight excluding hydrogens is 268 g/mol. The summed E-state index contributed by atoms with van der Waals surface area (Å²) in [7, 11) is 0. The molecule has 0 heterocycles. The van der Waals surface area contributed by atoms with Crippen LogP contribution in [0.25, 0.3) is 0 Å². The molecule has 4 rings (SSSR count). The zero-order valence-corrected chi connectivity index (χ0v) is 14.6. The van der Waals surface area contributed by atoms with Gasteiger partial charge in [0.15, 0.2) is 0 Å². The van der Waals surface area contributed by atoms with Crippen LogP contribution in [0.15, 0.2) is 23.3 Å². The number of hydrogen-bond acceptors (Lipinski definition) is 1. The molecule has 4 aliphatic carbocycles.